The summed E-state index contributed by atoms with van der Waals surface area (Å²) in [5, 5.41) is 3.30. The summed E-state index contributed by atoms with van der Waals surface area (Å²) in [6.07, 6.45) is 3.84. The number of carbonyl (C=O) groups is 1. The van der Waals surface area contributed by atoms with Gasteiger partial charge in [0.05, 0.1) is 5.41 Å². The van der Waals surface area contributed by atoms with E-state index in [0.717, 1.165) is 11.3 Å². The lowest BCUT2D eigenvalue weighted by Crippen LogP contribution is -2.25. The fourth-order valence-corrected chi connectivity index (χ4v) is 3.11. The number of anilines is 1. The number of aromatic nitrogens is 1. The molecular weight excluding hydrogens is 287 g/mol. The van der Waals surface area contributed by atoms with Crippen molar-refractivity contribution in [1.29, 1.82) is 0 Å². The van der Waals surface area contributed by atoms with E-state index in [1.807, 2.05) is 6.07 Å². The van der Waals surface area contributed by atoms with E-state index in [4.69, 9.17) is 0 Å². The van der Waals surface area contributed by atoms with Crippen LogP contribution in [0.25, 0.3) is 0 Å². The maximum Gasteiger partial charge on any atom is 0.235 e. The first kappa shape index (κ1) is 14.2. The first-order chi connectivity index (χ1) is 10.1. The standard InChI is InChI=1S/C16H17FN2OS/c1-11-3-2-4-12(7-11)8-13-9-18-15(21-13)19-14(20)16(10-17)5-6-16/h2-4,7,9H,5-6,8,10H2,1H3,(H,18,19,20). The fraction of sp³-hybridized carbons (Fsp3) is 0.375. The molecular formula is C16H17FN2OS. The first-order valence-corrected chi connectivity index (χ1v) is 7.81. The van der Waals surface area contributed by atoms with Crippen molar-refractivity contribution in [3.05, 3.63) is 46.5 Å². The number of hydrogen-bond acceptors (Lipinski definition) is 3. The van der Waals surface area contributed by atoms with E-state index >= 15 is 0 Å². The van der Waals surface area contributed by atoms with Crippen molar-refractivity contribution in [1.82, 2.24) is 4.98 Å². The molecule has 0 radical (unpaired) electrons. The lowest BCUT2D eigenvalue weighted by molar-refractivity contribution is -0.121. The molecule has 2 aromatic rings. The second kappa shape index (κ2) is 5.56. The van der Waals surface area contributed by atoms with Gasteiger partial charge in [-0.3, -0.25) is 4.79 Å². The van der Waals surface area contributed by atoms with E-state index in [9.17, 15) is 9.18 Å². The molecule has 0 saturated heterocycles. The molecule has 1 aromatic carbocycles. The number of halogens is 1. The Kier molecular flexibility index (Phi) is 3.76. The number of aryl methyl sites for hydroxylation is 1. The van der Waals surface area contributed by atoms with Crippen molar-refractivity contribution in [2.45, 2.75) is 26.2 Å². The lowest BCUT2D eigenvalue weighted by atomic mass is 10.1. The SMILES string of the molecule is Cc1cccc(Cc2cnc(NC(=O)C3(CF)CC3)s2)c1. The zero-order valence-electron chi connectivity index (χ0n) is 11.9. The molecule has 3 nitrogen and oxygen atoms in total. The Morgan fingerprint density at radius 2 is 2.29 bits per heavy atom. The minimum atomic E-state index is -0.775. The van der Waals surface area contributed by atoms with E-state index in [0.29, 0.717) is 18.0 Å². The summed E-state index contributed by atoms with van der Waals surface area (Å²) in [4.78, 5) is 17.3. The van der Waals surface area contributed by atoms with Crippen LogP contribution in [-0.2, 0) is 11.2 Å². The first-order valence-electron chi connectivity index (χ1n) is 6.99. The van der Waals surface area contributed by atoms with Crippen LogP contribution < -0.4 is 5.32 Å². The quantitative estimate of drug-likeness (QED) is 0.914. The number of alkyl halides is 1. The van der Waals surface area contributed by atoms with Crippen LogP contribution >= 0.6 is 11.3 Å². The van der Waals surface area contributed by atoms with E-state index < -0.39 is 12.1 Å². The highest BCUT2D eigenvalue weighted by Gasteiger charge is 2.50. The molecule has 3 rings (SSSR count). The third-order valence-electron chi connectivity index (χ3n) is 3.83. The third-order valence-corrected chi connectivity index (χ3v) is 4.74. The zero-order valence-corrected chi connectivity index (χ0v) is 12.7. The third kappa shape index (κ3) is 3.13. The summed E-state index contributed by atoms with van der Waals surface area (Å²) in [5.41, 5.74) is 1.67. The molecule has 0 bridgehead atoms. The van der Waals surface area contributed by atoms with Crippen molar-refractivity contribution in [3.63, 3.8) is 0 Å². The zero-order chi connectivity index (χ0) is 14.9. The average molecular weight is 304 g/mol. The number of hydrogen-bond donors (Lipinski definition) is 1. The molecule has 1 N–H and O–H groups in total. The maximum absolute atomic E-state index is 12.8. The Bertz CT molecular complexity index is 664. The molecule has 0 atom stereocenters. The summed E-state index contributed by atoms with van der Waals surface area (Å²) in [6.45, 7) is 1.48. The molecule has 110 valence electrons. The van der Waals surface area contributed by atoms with Gasteiger partial charge in [0.25, 0.3) is 0 Å². The number of thiazole rings is 1. The van der Waals surface area contributed by atoms with Crippen LogP contribution in [0.4, 0.5) is 9.52 Å². The van der Waals surface area contributed by atoms with Gasteiger partial charge in [0.15, 0.2) is 5.13 Å². The minimum Gasteiger partial charge on any atom is -0.301 e. The summed E-state index contributed by atoms with van der Waals surface area (Å²) in [5.74, 6) is -0.235. The van der Waals surface area contributed by atoms with Crippen LogP contribution in [0.3, 0.4) is 0 Å². The van der Waals surface area contributed by atoms with E-state index in [-0.39, 0.29) is 5.91 Å². The summed E-state index contributed by atoms with van der Waals surface area (Å²) in [7, 11) is 0. The highest BCUT2D eigenvalue weighted by molar-refractivity contribution is 7.15. The van der Waals surface area contributed by atoms with Crippen molar-refractivity contribution in [3.8, 4) is 0 Å². The Labute approximate surface area is 127 Å². The Morgan fingerprint density at radius 1 is 1.48 bits per heavy atom. The molecule has 21 heavy (non-hydrogen) atoms. The molecule has 1 fully saturated rings. The van der Waals surface area contributed by atoms with Gasteiger partial charge in [0.1, 0.15) is 6.67 Å². The molecule has 1 aliphatic carbocycles. The monoisotopic (exact) mass is 304 g/mol. The van der Waals surface area contributed by atoms with Crippen LogP contribution in [-0.4, -0.2) is 17.6 Å². The van der Waals surface area contributed by atoms with Crippen molar-refractivity contribution < 1.29 is 9.18 Å². The molecule has 1 saturated carbocycles. The Morgan fingerprint density at radius 3 is 2.95 bits per heavy atom. The van der Waals surface area contributed by atoms with Gasteiger partial charge in [0.2, 0.25) is 5.91 Å². The van der Waals surface area contributed by atoms with E-state index in [1.165, 1.54) is 22.5 Å². The number of benzene rings is 1. The van der Waals surface area contributed by atoms with Crippen LogP contribution in [0.2, 0.25) is 0 Å². The molecule has 1 heterocycles. The summed E-state index contributed by atoms with van der Waals surface area (Å²) in [6, 6.07) is 8.31. The average Bonchev–Trinajstić information content (AvgIpc) is 3.16. The maximum atomic E-state index is 12.8. The molecule has 1 aliphatic rings. The number of nitrogens with one attached hydrogen (secondary N) is 1. The number of nitrogens with zero attached hydrogens (tertiary/aromatic N) is 1. The summed E-state index contributed by atoms with van der Waals surface area (Å²) < 4.78 is 12.8. The van der Waals surface area contributed by atoms with Crippen molar-refractivity contribution in [2.24, 2.45) is 5.41 Å². The molecule has 0 unspecified atom stereocenters. The van der Waals surface area contributed by atoms with Crippen LogP contribution in [0.5, 0.6) is 0 Å². The predicted octanol–water partition coefficient (Wildman–Crippen LogP) is 3.73. The number of carbonyl (C=O) groups excluding carboxylic acids is 1. The fourth-order valence-electron chi connectivity index (χ4n) is 2.27. The smallest absolute Gasteiger partial charge is 0.235 e. The molecule has 0 spiro atoms. The van der Waals surface area contributed by atoms with Gasteiger partial charge < -0.3 is 5.32 Å². The van der Waals surface area contributed by atoms with E-state index in [1.54, 1.807) is 6.20 Å². The molecule has 5 heteroatoms. The van der Waals surface area contributed by atoms with Gasteiger partial charge in [0, 0.05) is 17.5 Å². The van der Waals surface area contributed by atoms with Gasteiger partial charge in [-0.25, -0.2) is 9.37 Å². The van der Waals surface area contributed by atoms with Crippen molar-refractivity contribution >= 4 is 22.4 Å². The largest absolute Gasteiger partial charge is 0.301 e. The topological polar surface area (TPSA) is 42.0 Å². The Balaban J connectivity index is 1.65. The van der Waals surface area contributed by atoms with Crippen LogP contribution in [0, 0.1) is 12.3 Å². The van der Waals surface area contributed by atoms with Gasteiger partial charge in [-0.05, 0) is 25.3 Å². The highest BCUT2D eigenvalue weighted by Crippen LogP contribution is 2.47. The minimum absolute atomic E-state index is 0.235. The Hall–Kier alpha value is -1.75. The van der Waals surface area contributed by atoms with Crippen LogP contribution in [0.1, 0.15) is 28.8 Å². The molecule has 1 amide bonds. The molecule has 0 aliphatic heterocycles. The normalized spacial score (nSPS) is 15.7. The van der Waals surface area contributed by atoms with Gasteiger partial charge in [-0.1, -0.05) is 29.8 Å². The molecule has 1 aromatic heterocycles. The van der Waals surface area contributed by atoms with Gasteiger partial charge in [-0.2, -0.15) is 0 Å². The second-order valence-electron chi connectivity index (χ2n) is 5.67. The van der Waals surface area contributed by atoms with E-state index in [2.05, 4.69) is 35.4 Å². The number of amides is 1. The second-order valence-corrected chi connectivity index (χ2v) is 6.78. The van der Waals surface area contributed by atoms with Gasteiger partial charge in [-0.15, -0.1) is 11.3 Å². The lowest BCUT2D eigenvalue weighted by Gasteiger charge is -2.08. The number of rotatable bonds is 5. The summed E-state index contributed by atoms with van der Waals surface area (Å²) >= 11 is 1.45. The highest BCUT2D eigenvalue weighted by atomic mass is 32.1. The van der Waals surface area contributed by atoms with Gasteiger partial charge >= 0.3 is 0 Å². The predicted molar refractivity (Wildman–Crippen MR) is 82.4 cm³/mol. The van der Waals surface area contributed by atoms with Crippen molar-refractivity contribution in [2.75, 3.05) is 12.0 Å². The van der Waals surface area contributed by atoms with Crippen LogP contribution in [0.15, 0.2) is 30.5 Å².